The fourth-order valence-corrected chi connectivity index (χ4v) is 2.57. The number of hydrogen-bond donors (Lipinski definition) is 0. The maximum absolute atomic E-state index is 9.00. The zero-order valence-electron chi connectivity index (χ0n) is 12.8. The highest BCUT2D eigenvalue weighted by Crippen LogP contribution is 2.13. The third-order valence-corrected chi connectivity index (χ3v) is 3.61. The van der Waals surface area contributed by atoms with E-state index in [0.29, 0.717) is 24.7 Å². The molecule has 0 unspecified atom stereocenters. The van der Waals surface area contributed by atoms with E-state index >= 15 is 0 Å². The highest BCUT2D eigenvalue weighted by molar-refractivity contribution is 5.32. The number of aromatic nitrogens is 2. The van der Waals surface area contributed by atoms with E-state index in [9.17, 15) is 0 Å². The first-order valence-corrected chi connectivity index (χ1v) is 7.55. The third-order valence-electron chi connectivity index (χ3n) is 3.61. The molecule has 1 aromatic carbocycles. The average molecular weight is 310 g/mol. The van der Waals surface area contributed by atoms with Gasteiger partial charge in [0.1, 0.15) is 6.10 Å². The van der Waals surface area contributed by atoms with Crippen LogP contribution < -0.4 is 4.74 Å². The van der Waals surface area contributed by atoms with Gasteiger partial charge >= 0.3 is 0 Å². The van der Waals surface area contributed by atoms with Crippen LogP contribution in [-0.2, 0) is 11.3 Å². The van der Waals surface area contributed by atoms with Gasteiger partial charge in [-0.15, -0.1) is 0 Å². The molecule has 118 valence electrons. The molecule has 1 fully saturated rings. The summed E-state index contributed by atoms with van der Waals surface area (Å²) in [6.45, 7) is 3.53. The summed E-state index contributed by atoms with van der Waals surface area (Å²) in [4.78, 5) is 10.4. The molecule has 1 aliphatic rings. The summed E-state index contributed by atoms with van der Waals surface area (Å²) in [6.07, 6.45) is 4.74. The van der Waals surface area contributed by atoms with Crippen LogP contribution in [0.5, 0.6) is 5.88 Å². The molecule has 0 spiro atoms. The first-order valence-electron chi connectivity index (χ1n) is 7.55. The molecule has 2 aromatic rings. The van der Waals surface area contributed by atoms with Gasteiger partial charge < -0.3 is 9.47 Å². The summed E-state index contributed by atoms with van der Waals surface area (Å²) in [5.74, 6) is 0.509. The van der Waals surface area contributed by atoms with Crippen LogP contribution in [0.25, 0.3) is 0 Å². The van der Waals surface area contributed by atoms with Gasteiger partial charge in [0, 0.05) is 32.0 Å². The SMILES string of the molecule is N#Cc1cccc(CN2CCOC[C@H](Oc3cnccn3)C2)c1. The summed E-state index contributed by atoms with van der Waals surface area (Å²) in [7, 11) is 0. The second-order valence-corrected chi connectivity index (χ2v) is 5.41. The smallest absolute Gasteiger partial charge is 0.232 e. The van der Waals surface area contributed by atoms with Gasteiger partial charge in [0.15, 0.2) is 0 Å². The fourth-order valence-electron chi connectivity index (χ4n) is 2.57. The molecule has 1 aromatic heterocycles. The zero-order chi connectivity index (χ0) is 15.9. The van der Waals surface area contributed by atoms with Crippen molar-refractivity contribution in [3.63, 3.8) is 0 Å². The second-order valence-electron chi connectivity index (χ2n) is 5.41. The Morgan fingerprint density at radius 1 is 1.39 bits per heavy atom. The zero-order valence-corrected chi connectivity index (χ0v) is 12.8. The first-order chi connectivity index (χ1) is 11.3. The summed E-state index contributed by atoms with van der Waals surface area (Å²) >= 11 is 0. The van der Waals surface area contributed by atoms with E-state index in [2.05, 4.69) is 20.9 Å². The van der Waals surface area contributed by atoms with Crippen LogP contribution in [0, 0.1) is 11.3 Å². The lowest BCUT2D eigenvalue weighted by molar-refractivity contribution is 0.0681. The molecule has 23 heavy (non-hydrogen) atoms. The van der Waals surface area contributed by atoms with Gasteiger partial charge in [-0.2, -0.15) is 5.26 Å². The Bertz CT molecular complexity index is 672. The Balaban J connectivity index is 1.64. The van der Waals surface area contributed by atoms with Crippen LogP contribution in [-0.4, -0.2) is 47.3 Å². The van der Waals surface area contributed by atoms with Crippen molar-refractivity contribution in [2.24, 2.45) is 0 Å². The van der Waals surface area contributed by atoms with Crippen molar-refractivity contribution in [2.45, 2.75) is 12.6 Å². The number of benzene rings is 1. The lowest BCUT2D eigenvalue weighted by atomic mass is 10.1. The van der Waals surface area contributed by atoms with E-state index in [1.165, 1.54) is 0 Å². The molecule has 0 N–H and O–H groups in total. The molecule has 1 saturated heterocycles. The molecule has 3 rings (SSSR count). The van der Waals surface area contributed by atoms with E-state index in [1.54, 1.807) is 18.6 Å². The van der Waals surface area contributed by atoms with Crippen molar-refractivity contribution in [3.8, 4) is 11.9 Å². The summed E-state index contributed by atoms with van der Waals surface area (Å²) in [6, 6.07) is 9.86. The van der Waals surface area contributed by atoms with E-state index in [-0.39, 0.29) is 6.10 Å². The lowest BCUT2D eigenvalue weighted by Crippen LogP contribution is -2.35. The minimum absolute atomic E-state index is 0.0895. The van der Waals surface area contributed by atoms with Gasteiger partial charge in [0.2, 0.25) is 5.88 Å². The number of ether oxygens (including phenoxy) is 2. The number of hydrogen-bond acceptors (Lipinski definition) is 6. The van der Waals surface area contributed by atoms with Crippen molar-refractivity contribution in [1.29, 1.82) is 5.26 Å². The quantitative estimate of drug-likeness (QED) is 0.855. The molecule has 0 bridgehead atoms. The summed E-state index contributed by atoms with van der Waals surface area (Å²) in [5, 5.41) is 9.00. The molecule has 6 nitrogen and oxygen atoms in total. The minimum Gasteiger partial charge on any atom is -0.469 e. The molecular weight excluding hydrogens is 292 g/mol. The summed E-state index contributed by atoms with van der Waals surface area (Å²) in [5.41, 5.74) is 1.80. The van der Waals surface area contributed by atoms with Crippen LogP contribution >= 0.6 is 0 Å². The standard InChI is InChI=1S/C17H18N4O2/c18-9-14-2-1-3-15(8-14)11-21-6-7-22-13-16(12-21)23-17-10-19-4-5-20-17/h1-5,8,10,16H,6-7,11-13H2/t16-/m1/s1. The fraction of sp³-hybridized carbons (Fsp3) is 0.353. The Morgan fingerprint density at radius 2 is 2.35 bits per heavy atom. The van der Waals surface area contributed by atoms with Crippen molar-refractivity contribution < 1.29 is 9.47 Å². The topological polar surface area (TPSA) is 71.3 Å². The van der Waals surface area contributed by atoms with Gasteiger partial charge in [-0.1, -0.05) is 12.1 Å². The minimum atomic E-state index is -0.0895. The van der Waals surface area contributed by atoms with Crippen LogP contribution in [0.3, 0.4) is 0 Å². The van der Waals surface area contributed by atoms with Crippen LogP contribution in [0.4, 0.5) is 0 Å². The summed E-state index contributed by atoms with van der Waals surface area (Å²) < 4.78 is 11.5. The Hall–Kier alpha value is -2.49. The molecule has 0 amide bonds. The van der Waals surface area contributed by atoms with Gasteiger partial charge in [0.25, 0.3) is 0 Å². The largest absolute Gasteiger partial charge is 0.469 e. The van der Waals surface area contributed by atoms with Crippen LogP contribution in [0.2, 0.25) is 0 Å². The third kappa shape index (κ3) is 4.49. The predicted octanol–water partition coefficient (Wildman–Crippen LogP) is 1.63. The number of nitrogens with zero attached hydrogens (tertiary/aromatic N) is 4. The van der Waals surface area contributed by atoms with Gasteiger partial charge in [-0.25, -0.2) is 4.98 Å². The molecule has 6 heteroatoms. The average Bonchev–Trinajstić information content (AvgIpc) is 2.81. The van der Waals surface area contributed by atoms with E-state index in [4.69, 9.17) is 14.7 Å². The Kier molecular flexibility index (Phi) is 5.14. The van der Waals surface area contributed by atoms with Crippen molar-refractivity contribution in [2.75, 3.05) is 26.3 Å². The van der Waals surface area contributed by atoms with E-state index in [0.717, 1.165) is 25.2 Å². The predicted molar refractivity (Wildman–Crippen MR) is 83.7 cm³/mol. The Labute approximate surface area is 135 Å². The maximum Gasteiger partial charge on any atom is 0.232 e. The highest BCUT2D eigenvalue weighted by Gasteiger charge is 2.20. The van der Waals surface area contributed by atoms with Crippen LogP contribution in [0.1, 0.15) is 11.1 Å². The van der Waals surface area contributed by atoms with E-state index in [1.807, 2.05) is 24.3 Å². The Morgan fingerprint density at radius 3 is 3.17 bits per heavy atom. The van der Waals surface area contributed by atoms with Crippen molar-refractivity contribution in [3.05, 3.63) is 54.0 Å². The molecule has 0 saturated carbocycles. The number of nitriles is 1. The highest BCUT2D eigenvalue weighted by atomic mass is 16.5. The van der Waals surface area contributed by atoms with E-state index < -0.39 is 0 Å². The monoisotopic (exact) mass is 310 g/mol. The molecule has 1 atom stereocenters. The maximum atomic E-state index is 9.00. The second kappa shape index (κ2) is 7.68. The molecule has 0 radical (unpaired) electrons. The molecule has 0 aliphatic carbocycles. The molecule has 1 aliphatic heterocycles. The van der Waals surface area contributed by atoms with Crippen LogP contribution in [0.15, 0.2) is 42.9 Å². The van der Waals surface area contributed by atoms with Gasteiger partial charge in [0.05, 0.1) is 31.0 Å². The van der Waals surface area contributed by atoms with Gasteiger partial charge in [-0.3, -0.25) is 9.88 Å². The lowest BCUT2D eigenvalue weighted by Gasteiger charge is -2.23. The van der Waals surface area contributed by atoms with Gasteiger partial charge in [-0.05, 0) is 17.7 Å². The normalized spacial score (nSPS) is 18.8. The number of rotatable bonds is 4. The van der Waals surface area contributed by atoms with Crippen molar-refractivity contribution in [1.82, 2.24) is 14.9 Å². The van der Waals surface area contributed by atoms with Crippen molar-refractivity contribution >= 4 is 0 Å². The molecular formula is C17H18N4O2. The molecule has 2 heterocycles. The first kappa shape index (κ1) is 15.4.